The Kier molecular flexibility index (Phi) is 6.01. The predicted molar refractivity (Wildman–Crippen MR) is 90.2 cm³/mol. The molecule has 4 heteroatoms. The van der Waals surface area contributed by atoms with Gasteiger partial charge in [0.05, 0.1) is 11.3 Å². The van der Waals surface area contributed by atoms with Crippen LogP contribution >= 0.6 is 11.8 Å². The Bertz CT molecular complexity index is 617. The van der Waals surface area contributed by atoms with E-state index in [9.17, 15) is 9.18 Å². The molecule has 2 aromatic rings. The third-order valence-corrected chi connectivity index (χ3v) is 4.63. The standard InChI is InChI=1S/C18H20FNOS/c1-13(16-9-6-10-17(19)11-16)20-18(21)14(2)22-12-15-7-4-3-5-8-15/h3-11,13-14H,12H2,1-2H3,(H,20,21)/t13-,14-/m1/s1. The second-order valence-electron chi connectivity index (χ2n) is 5.22. The lowest BCUT2D eigenvalue weighted by molar-refractivity contribution is -0.120. The smallest absolute Gasteiger partial charge is 0.233 e. The lowest BCUT2D eigenvalue weighted by atomic mass is 10.1. The molecule has 2 nitrogen and oxygen atoms in total. The van der Waals surface area contributed by atoms with Crippen LogP contribution in [0.15, 0.2) is 54.6 Å². The summed E-state index contributed by atoms with van der Waals surface area (Å²) in [4.78, 5) is 12.2. The summed E-state index contributed by atoms with van der Waals surface area (Å²) in [6.45, 7) is 3.75. The molecular weight excluding hydrogens is 297 g/mol. The van der Waals surface area contributed by atoms with Gasteiger partial charge >= 0.3 is 0 Å². The average Bonchev–Trinajstić information content (AvgIpc) is 2.53. The zero-order chi connectivity index (χ0) is 15.9. The maximum atomic E-state index is 13.2. The minimum atomic E-state index is -0.287. The first kappa shape index (κ1) is 16.6. The number of carbonyl (C=O) groups excluding carboxylic acids is 1. The van der Waals surface area contributed by atoms with Gasteiger partial charge in [0.2, 0.25) is 5.91 Å². The summed E-state index contributed by atoms with van der Waals surface area (Å²) < 4.78 is 13.2. The van der Waals surface area contributed by atoms with Crippen molar-refractivity contribution in [3.05, 3.63) is 71.5 Å². The van der Waals surface area contributed by atoms with Crippen LogP contribution in [-0.4, -0.2) is 11.2 Å². The van der Waals surface area contributed by atoms with Crippen molar-refractivity contribution in [3.63, 3.8) is 0 Å². The number of hydrogen-bond acceptors (Lipinski definition) is 2. The molecular formula is C18H20FNOS. The Morgan fingerprint density at radius 1 is 1.14 bits per heavy atom. The molecule has 0 unspecified atom stereocenters. The Hall–Kier alpha value is -1.81. The van der Waals surface area contributed by atoms with Crippen molar-refractivity contribution in [1.82, 2.24) is 5.32 Å². The molecule has 2 atom stereocenters. The fraction of sp³-hybridized carbons (Fsp3) is 0.278. The number of halogens is 1. The average molecular weight is 317 g/mol. The fourth-order valence-electron chi connectivity index (χ4n) is 2.06. The minimum absolute atomic E-state index is 0.0299. The molecule has 0 saturated carbocycles. The van der Waals surface area contributed by atoms with Gasteiger partial charge in [-0.15, -0.1) is 11.8 Å². The first-order chi connectivity index (χ1) is 10.6. The van der Waals surface area contributed by atoms with Crippen molar-refractivity contribution in [1.29, 1.82) is 0 Å². The van der Waals surface area contributed by atoms with E-state index in [0.29, 0.717) is 0 Å². The number of benzene rings is 2. The molecule has 2 aromatic carbocycles. The van der Waals surface area contributed by atoms with Gasteiger partial charge in [0.15, 0.2) is 0 Å². The van der Waals surface area contributed by atoms with E-state index in [0.717, 1.165) is 11.3 Å². The fourth-order valence-corrected chi connectivity index (χ4v) is 2.92. The second-order valence-corrected chi connectivity index (χ2v) is 6.55. The number of carbonyl (C=O) groups is 1. The van der Waals surface area contributed by atoms with E-state index in [1.54, 1.807) is 17.8 Å². The van der Waals surface area contributed by atoms with Gasteiger partial charge in [0.1, 0.15) is 5.82 Å². The lowest BCUT2D eigenvalue weighted by Gasteiger charge is -2.18. The monoisotopic (exact) mass is 317 g/mol. The summed E-state index contributed by atoms with van der Waals surface area (Å²) in [6, 6.07) is 16.2. The maximum absolute atomic E-state index is 13.2. The van der Waals surface area contributed by atoms with Crippen molar-refractivity contribution in [2.24, 2.45) is 0 Å². The maximum Gasteiger partial charge on any atom is 0.233 e. The van der Waals surface area contributed by atoms with Crippen molar-refractivity contribution < 1.29 is 9.18 Å². The number of nitrogens with one attached hydrogen (secondary N) is 1. The highest BCUT2D eigenvalue weighted by atomic mass is 32.2. The van der Waals surface area contributed by atoms with Crippen LogP contribution in [0.2, 0.25) is 0 Å². The van der Waals surface area contributed by atoms with E-state index in [-0.39, 0.29) is 23.0 Å². The summed E-state index contributed by atoms with van der Waals surface area (Å²) >= 11 is 1.59. The quantitative estimate of drug-likeness (QED) is 0.859. The van der Waals surface area contributed by atoms with Gasteiger partial charge in [-0.3, -0.25) is 4.79 Å². The van der Waals surface area contributed by atoms with Crippen molar-refractivity contribution in [3.8, 4) is 0 Å². The van der Waals surface area contributed by atoms with E-state index < -0.39 is 0 Å². The molecule has 0 fully saturated rings. The summed E-state index contributed by atoms with van der Waals surface area (Å²) in [5, 5.41) is 2.78. The first-order valence-electron chi connectivity index (χ1n) is 7.27. The van der Waals surface area contributed by atoms with Gasteiger partial charge in [-0.05, 0) is 37.1 Å². The second kappa shape index (κ2) is 7.99. The SMILES string of the molecule is C[C@@H](SCc1ccccc1)C(=O)N[C@H](C)c1cccc(F)c1. The molecule has 0 aliphatic rings. The zero-order valence-corrected chi connectivity index (χ0v) is 13.6. The first-order valence-corrected chi connectivity index (χ1v) is 8.32. The van der Waals surface area contributed by atoms with E-state index >= 15 is 0 Å². The van der Waals surface area contributed by atoms with Crippen LogP contribution in [-0.2, 0) is 10.5 Å². The van der Waals surface area contributed by atoms with Crippen LogP contribution in [0.4, 0.5) is 4.39 Å². The molecule has 116 valence electrons. The molecule has 0 aromatic heterocycles. The van der Waals surface area contributed by atoms with Crippen LogP contribution in [0.5, 0.6) is 0 Å². The molecule has 0 radical (unpaired) electrons. The molecule has 0 heterocycles. The lowest BCUT2D eigenvalue weighted by Crippen LogP contribution is -2.33. The van der Waals surface area contributed by atoms with E-state index in [2.05, 4.69) is 5.32 Å². The number of thioether (sulfide) groups is 1. The molecule has 0 saturated heterocycles. The highest BCUT2D eigenvalue weighted by molar-refractivity contribution is 7.99. The highest BCUT2D eigenvalue weighted by Gasteiger charge is 2.16. The van der Waals surface area contributed by atoms with Crippen LogP contribution in [0.1, 0.15) is 31.0 Å². The molecule has 22 heavy (non-hydrogen) atoms. The topological polar surface area (TPSA) is 29.1 Å². The Morgan fingerprint density at radius 3 is 2.55 bits per heavy atom. The molecule has 2 rings (SSSR count). The molecule has 0 aliphatic heterocycles. The van der Waals surface area contributed by atoms with E-state index in [4.69, 9.17) is 0 Å². The van der Waals surface area contributed by atoms with Gasteiger partial charge in [0, 0.05) is 5.75 Å². The highest BCUT2D eigenvalue weighted by Crippen LogP contribution is 2.19. The molecule has 1 N–H and O–H groups in total. The van der Waals surface area contributed by atoms with Crippen molar-refractivity contribution in [2.45, 2.75) is 30.9 Å². The molecule has 0 bridgehead atoms. The van der Waals surface area contributed by atoms with Crippen LogP contribution < -0.4 is 5.32 Å². The van der Waals surface area contributed by atoms with Crippen molar-refractivity contribution >= 4 is 17.7 Å². The minimum Gasteiger partial charge on any atom is -0.349 e. The third-order valence-electron chi connectivity index (χ3n) is 3.42. The number of rotatable bonds is 6. The predicted octanol–water partition coefficient (Wildman–Crippen LogP) is 4.32. The third kappa shape index (κ3) is 4.88. The number of amides is 1. The van der Waals surface area contributed by atoms with Gasteiger partial charge < -0.3 is 5.32 Å². The van der Waals surface area contributed by atoms with Gasteiger partial charge in [-0.25, -0.2) is 4.39 Å². The molecule has 0 spiro atoms. The Labute approximate surface area is 135 Å². The van der Waals surface area contributed by atoms with E-state index in [1.807, 2.05) is 50.2 Å². The largest absolute Gasteiger partial charge is 0.349 e. The Balaban J connectivity index is 1.85. The summed E-state index contributed by atoms with van der Waals surface area (Å²) in [7, 11) is 0. The van der Waals surface area contributed by atoms with Gasteiger partial charge in [-0.1, -0.05) is 42.5 Å². The van der Waals surface area contributed by atoms with E-state index in [1.165, 1.54) is 17.7 Å². The Morgan fingerprint density at radius 2 is 1.86 bits per heavy atom. The van der Waals surface area contributed by atoms with Crippen LogP contribution in [0.25, 0.3) is 0 Å². The zero-order valence-electron chi connectivity index (χ0n) is 12.8. The van der Waals surface area contributed by atoms with Gasteiger partial charge in [0.25, 0.3) is 0 Å². The molecule has 1 amide bonds. The number of hydrogen-bond donors (Lipinski definition) is 1. The summed E-state index contributed by atoms with van der Waals surface area (Å²) in [5.74, 6) is 0.479. The summed E-state index contributed by atoms with van der Waals surface area (Å²) in [5.41, 5.74) is 1.97. The molecule has 0 aliphatic carbocycles. The van der Waals surface area contributed by atoms with Crippen molar-refractivity contribution in [2.75, 3.05) is 0 Å². The van der Waals surface area contributed by atoms with Crippen LogP contribution in [0, 0.1) is 5.82 Å². The van der Waals surface area contributed by atoms with Crippen LogP contribution in [0.3, 0.4) is 0 Å². The normalized spacial score (nSPS) is 13.4. The summed E-state index contributed by atoms with van der Waals surface area (Å²) in [6.07, 6.45) is 0. The van der Waals surface area contributed by atoms with Gasteiger partial charge in [-0.2, -0.15) is 0 Å².